The van der Waals surface area contributed by atoms with Gasteiger partial charge >= 0.3 is 0 Å². The largest absolute Gasteiger partial charge is 0.508 e. The van der Waals surface area contributed by atoms with E-state index in [1.165, 1.54) is 6.92 Å². The van der Waals surface area contributed by atoms with Crippen LogP contribution >= 0.6 is 0 Å². The van der Waals surface area contributed by atoms with Gasteiger partial charge in [0.25, 0.3) is 0 Å². The SMILES string of the molecule is COc1ccc2ccc(O)cc2c1CCNC(C)=O. The number of hydrogen-bond acceptors (Lipinski definition) is 3. The Bertz CT molecular complexity index is 608. The summed E-state index contributed by atoms with van der Waals surface area (Å²) in [5.41, 5.74) is 0.990. The van der Waals surface area contributed by atoms with Crippen molar-refractivity contribution < 1.29 is 14.6 Å². The zero-order chi connectivity index (χ0) is 13.8. The van der Waals surface area contributed by atoms with Gasteiger partial charge in [-0.1, -0.05) is 12.1 Å². The predicted octanol–water partition coefficient (Wildman–Crippen LogP) is 2.23. The van der Waals surface area contributed by atoms with Crippen LogP contribution in [0.3, 0.4) is 0 Å². The quantitative estimate of drug-likeness (QED) is 0.885. The minimum absolute atomic E-state index is 0.0537. The molecule has 0 saturated carbocycles. The Morgan fingerprint density at radius 1 is 1.32 bits per heavy atom. The molecule has 0 radical (unpaired) electrons. The minimum Gasteiger partial charge on any atom is -0.508 e. The number of nitrogens with one attached hydrogen (secondary N) is 1. The molecule has 0 saturated heterocycles. The molecule has 0 fully saturated rings. The van der Waals surface area contributed by atoms with Crippen molar-refractivity contribution in [3.8, 4) is 11.5 Å². The zero-order valence-electron chi connectivity index (χ0n) is 11.1. The van der Waals surface area contributed by atoms with E-state index >= 15 is 0 Å². The zero-order valence-corrected chi connectivity index (χ0v) is 11.1. The third kappa shape index (κ3) is 2.96. The molecule has 0 aliphatic rings. The fourth-order valence-electron chi connectivity index (χ4n) is 2.16. The number of phenols is 1. The van der Waals surface area contributed by atoms with Gasteiger partial charge in [0.1, 0.15) is 11.5 Å². The van der Waals surface area contributed by atoms with Crippen LogP contribution in [0, 0.1) is 0 Å². The number of aromatic hydroxyl groups is 1. The average Bonchev–Trinajstić information content (AvgIpc) is 2.38. The van der Waals surface area contributed by atoms with Crippen LogP contribution in [0.5, 0.6) is 11.5 Å². The molecule has 0 atom stereocenters. The highest BCUT2D eigenvalue weighted by Crippen LogP contribution is 2.30. The van der Waals surface area contributed by atoms with Crippen LogP contribution in [0.4, 0.5) is 0 Å². The van der Waals surface area contributed by atoms with Crippen LogP contribution in [0.1, 0.15) is 12.5 Å². The lowest BCUT2D eigenvalue weighted by molar-refractivity contribution is -0.118. The lowest BCUT2D eigenvalue weighted by atomic mass is 10.0. The molecule has 100 valence electrons. The second-order valence-corrected chi connectivity index (χ2v) is 4.38. The Kier molecular flexibility index (Phi) is 3.90. The van der Waals surface area contributed by atoms with Gasteiger partial charge in [-0.3, -0.25) is 4.79 Å². The Morgan fingerprint density at radius 3 is 2.74 bits per heavy atom. The molecule has 1 amide bonds. The summed E-state index contributed by atoms with van der Waals surface area (Å²) in [7, 11) is 1.62. The van der Waals surface area contributed by atoms with Crippen molar-refractivity contribution in [2.24, 2.45) is 0 Å². The maximum absolute atomic E-state index is 10.9. The van der Waals surface area contributed by atoms with Crippen molar-refractivity contribution in [3.05, 3.63) is 35.9 Å². The summed E-state index contributed by atoms with van der Waals surface area (Å²) in [5.74, 6) is 0.937. The molecule has 0 unspecified atom stereocenters. The van der Waals surface area contributed by atoms with Crippen molar-refractivity contribution in [2.45, 2.75) is 13.3 Å². The average molecular weight is 259 g/mol. The summed E-state index contributed by atoms with van der Waals surface area (Å²) in [6.45, 7) is 2.03. The molecule has 19 heavy (non-hydrogen) atoms. The molecule has 2 aromatic carbocycles. The van der Waals surface area contributed by atoms with Gasteiger partial charge < -0.3 is 15.2 Å². The van der Waals surface area contributed by atoms with Gasteiger partial charge in [0, 0.05) is 19.0 Å². The van der Waals surface area contributed by atoms with E-state index < -0.39 is 0 Å². The number of methoxy groups -OCH3 is 1. The molecule has 0 aromatic heterocycles. The molecule has 0 aliphatic carbocycles. The summed E-state index contributed by atoms with van der Waals surface area (Å²) in [4.78, 5) is 10.9. The van der Waals surface area contributed by atoms with E-state index in [1.54, 1.807) is 19.2 Å². The Balaban J connectivity index is 2.41. The minimum atomic E-state index is -0.0537. The standard InChI is InChI=1S/C15H17NO3/c1-10(17)16-8-7-13-14-9-12(18)5-3-11(14)4-6-15(13)19-2/h3-6,9,18H,7-8H2,1-2H3,(H,16,17). The van der Waals surface area contributed by atoms with Crippen molar-refractivity contribution in [2.75, 3.05) is 13.7 Å². The maximum Gasteiger partial charge on any atom is 0.216 e. The second-order valence-electron chi connectivity index (χ2n) is 4.38. The molecule has 0 spiro atoms. The molecule has 4 heteroatoms. The van der Waals surface area contributed by atoms with E-state index in [-0.39, 0.29) is 11.7 Å². The molecule has 0 aliphatic heterocycles. The summed E-state index contributed by atoms with van der Waals surface area (Å²) in [6.07, 6.45) is 0.656. The van der Waals surface area contributed by atoms with E-state index in [2.05, 4.69) is 5.32 Å². The first-order valence-corrected chi connectivity index (χ1v) is 6.15. The van der Waals surface area contributed by atoms with Gasteiger partial charge in [-0.05, 0) is 35.4 Å². The monoisotopic (exact) mass is 259 g/mol. The highest BCUT2D eigenvalue weighted by molar-refractivity contribution is 5.89. The lowest BCUT2D eigenvalue weighted by Gasteiger charge is -2.12. The Labute approximate surface area is 112 Å². The number of rotatable bonds is 4. The van der Waals surface area contributed by atoms with Crippen molar-refractivity contribution in [3.63, 3.8) is 0 Å². The van der Waals surface area contributed by atoms with Crippen LogP contribution in [0.15, 0.2) is 30.3 Å². The summed E-state index contributed by atoms with van der Waals surface area (Å²) in [5, 5.41) is 14.4. The van der Waals surface area contributed by atoms with Crippen LogP contribution < -0.4 is 10.1 Å². The Hall–Kier alpha value is -2.23. The third-order valence-electron chi connectivity index (χ3n) is 3.04. The third-order valence-corrected chi connectivity index (χ3v) is 3.04. The van der Waals surface area contributed by atoms with Gasteiger partial charge in [-0.15, -0.1) is 0 Å². The lowest BCUT2D eigenvalue weighted by Crippen LogP contribution is -2.22. The fraction of sp³-hybridized carbons (Fsp3) is 0.267. The van der Waals surface area contributed by atoms with Gasteiger partial charge in [0.05, 0.1) is 7.11 Å². The number of phenolic OH excluding ortho intramolecular Hbond substituents is 1. The molecule has 2 N–H and O–H groups in total. The van der Waals surface area contributed by atoms with Gasteiger partial charge in [-0.2, -0.15) is 0 Å². The first kappa shape index (κ1) is 13.2. The predicted molar refractivity (Wildman–Crippen MR) is 74.6 cm³/mol. The van der Waals surface area contributed by atoms with Crippen LogP contribution in [0.2, 0.25) is 0 Å². The fourth-order valence-corrected chi connectivity index (χ4v) is 2.16. The van der Waals surface area contributed by atoms with Crippen LogP contribution in [-0.4, -0.2) is 24.7 Å². The first-order valence-electron chi connectivity index (χ1n) is 6.15. The number of carbonyl (C=O) groups excluding carboxylic acids is 1. The molecule has 0 heterocycles. The Morgan fingerprint density at radius 2 is 2.05 bits per heavy atom. The van der Waals surface area contributed by atoms with Crippen molar-refractivity contribution in [1.82, 2.24) is 5.32 Å². The normalized spacial score (nSPS) is 10.4. The first-order chi connectivity index (χ1) is 9.11. The summed E-state index contributed by atoms with van der Waals surface area (Å²) < 4.78 is 5.36. The van der Waals surface area contributed by atoms with E-state index in [4.69, 9.17) is 4.74 Å². The number of fused-ring (bicyclic) bond motifs is 1. The van der Waals surface area contributed by atoms with Crippen LogP contribution in [0.25, 0.3) is 10.8 Å². The molecular weight excluding hydrogens is 242 g/mol. The smallest absolute Gasteiger partial charge is 0.216 e. The second kappa shape index (κ2) is 5.61. The van der Waals surface area contributed by atoms with Gasteiger partial charge in [-0.25, -0.2) is 0 Å². The molecule has 4 nitrogen and oxygen atoms in total. The molecule has 2 aromatic rings. The molecule has 2 rings (SSSR count). The van der Waals surface area contributed by atoms with Gasteiger partial charge in [0.2, 0.25) is 5.91 Å². The van der Waals surface area contributed by atoms with E-state index in [1.807, 2.05) is 18.2 Å². The van der Waals surface area contributed by atoms with Gasteiger partial charge in [0.15, 0.2) is 0 Å². The molecule has 0 bridgehead atoms. The number of carbonyl (C=O) groups is 1. The summed E-state index contributed by atoms with van der Waals surface area (Å²) >= 11 is 0. The molecular formula is C15H17NO3. The summed E-state index contributed by atoms with van der Waals surface area (Å²) in [6, 6.07) is 9.11. The number of ether oxygens (including phenoxy) is 1. The number of hydrogen-bond donors (Lipinski definition) is 2. The topological polar surface area (TPSA) is 58.6 Å². The maximum atomic E-state index is 10.9. The van der Waals surface area contributed by atoms with E-state index in [0.717, 1.165) is 22.1 Å². The number of benzene rings is 2. The van der Waals surface area contributed by atoms with E-state index in [0.29, 0.717) is 13.0 Å². The van der Waals surface area contributed by atoms with E-state index in [9.17, 15) is 9.90 Å². The highest BCUT2D eigenvalue weighted by Gasteiger charge is 2.09. The van der Waals surface area contributed by atoms with Crippen molar-refractivity contribution in [1.29, 1.82) is 0 Å². The number of amides is 1. The van der Waals surface area contributed by atoms with Crippen LogP contribution in [-0.2, 0) is 11.2 Å². The van der Waals surface area contributed by atoms with Crippen molar-refractivity contribution >= 4 is 16.7 Å². The highest BCUT2D eigenvalue weighted by atomic mass is 16.5.